The SMILES string of the molecule is CC(C)OC(CO)C(O)C(O)C(O)C(C)O. The van der Waals surface area contributed by atoms with Gasteiger partial charge in [0.1, 0.15) is 24.4 Å². The molecule has 0 rings (SSSR count). The second-order valence-corrected chi connectivity index (χ2v) is 4.12. The van der Waals surface area contributed by atoms with Crippen LogP contribution in [0.1, 0.15) is 20.8 Å². The zero-order valence-corrected chi connectivity index (χ0v) is 9.82. The molecule has 6 nitrogen and oxygen atoms in total. The highest BCUT2D eigenvalue weighted by atomic mass is 16.5. The highest BCUT2D eigenvalue weighted by molar-refractivity contribution is 4.84. The minimum Gasteiger partial charge on any atom is -0.394 e. The summed E-state index contributed by atoms with van der Waals surface area (Å²) in [5.74, 6) is 0. The third kappa shape index (κ3) is 4.73. The van der Waals surface area contributed by atoms with Crippen molar-refractivity contribution < 1.29 is 30.3 Å². The van der Waals surface area contributed by atoms with E-state index >= 15 is 0 Å². The summed E-state index contributed by atoms with van der Waals surface area (Å²) in [6.45, 7) is 4.24. The molecule has 0 saturated heterocycles. The van der Waals surface area contributed by atoms with Gasteiger partial charge in [0.05, 0.1) is 18.8 Å². The molecule has 0 aliphatic heterocycles. The molecule has 0 spiro atoms. The Morgan fingerprint density at radius 2 is 1.38 bits per heavy atom. The zero-order valence-electron chi connectivity index (χ0n) is 9.82. The Bertz CT molecular complexity index is 182. The molecule has 16 heavy (non-hydrogen) atoms. The van der Waals surface area contributed by atoms with Gasteiger partial charge in [-0.15, -0.1) is 0 Å². The van der Waals surface area contributed by atoms with Gasteiger partial charge in [-0.3, -0.25) is 0 Å². The third-order valence-corrected chi connectivity index (χ3v) is 2.20. The summed E-state index contributed by atoms with van der Waals surface area (Å²) in [4.78, 5) is 0. The molecule has 98 valence electrons. The summed E-state index contributed by atoms with van der Waals surface area (Å²) in [6, 6.07) is 0. The van der Waals surface area contributed by atoms with Crippen LogP contribution in [-0.2, 0) is 4.74 Å². The van der Waals surface area contributed by atoms with E-state index in [9.17, 15) is 15.3 Å². The molecule has 0 fully saturated rings. The van der Waals surface area contributed by atoms with E-state index in [1.807, 2.05) is 0 Å². The molecule has 5 unspecified atom stereocenters. The van der Waals surface area contributed by atoms with Crippen molar-refractivity contribution in [3.8, 4) is 0 Å². The standard InChI is InChI=1S/C10H22O6/c1-5(2)16-7(4-11)9(14)10(15)8(13)6(3)12/h5-15H,4H2,1-3H3. The predicted octanol–water partition coefficient (Wildman–Crippen LogP) is -1.76. The lowest BCUT2D eigenvalue weighted by Gasteiger charge is -2.30. The molecule has 0 aromatic rings. The molecule has 6 heteroatoms. The predicted molar refractivity (Wildman–Crippen MR) is 56.8 cm³/mol. The smallest absolute Gasteiger partial charge is 0.111 e. The molecule has 0 heterocycles. The van der Waals surface area contributed by atoms with Crippen LogP contribution < -0.4 is 0 Å². The van der Waals surface area contributed by atoms with Gasteiger partial charge in [0.15, 0.2) is 0 Å². The van der Waals surface area contributed by atoms with Crippen LogP contribution >= 0.6 is 0 Å². The Balaban J connectivity index is 4.42. The lowest BCUT2D eigenvalue weighted by Crippen LogP contribution is -2.50. The maximum absolute atomic E-state index is 9.64. The summed E-state index contributed by atoms with van der Waals surface area (Å²) < 4.78 is 5.16. The van der Waals surface area contributed by atoms with E-state index in [1.54, 1.807) is 13.8 Å². The first-order valence-electron chi connectivity index (χ1n) is 5.29. The molecule has 0 aliphatic rings. The van der Waals surface area contributed by atoms with Crippen molar-refractivity contribution in [1.82, 2.24) is 0 Å². The van der Waals surface area contributed by atoms with Crippen molar-refractivity contribution in [2.45, 2.75) is 57.4 Å². The van der Waals surface area contributed by atoms with Gasteiger partial charge in [0.2, 0.25) is 0 Å². The van der Waals surface area contributed by atoms with Gasteiger partial charge in [-0.25, -0.2) is 0 Å². The van der Waals surface area contributed by atoms with Gasteiger partial charge in [0, 0.05) is 0 Å². The first-order chi connectivity index (χ1) is 7.31. The minimum atomic E-state index is -1.57. The lowest BCUT2D eigenvalue weighted by molar-refractivity contribution is -0.160. The average molecular weight is 238 g/mol. The first kappa shape index (κ1) is 15.8. The van der Waals surface area contributed by atoms with Gasteiger partial charge in [-0.2, -0.15) is 0 Å². The van der Waals surface area contributed by atoms with Gasteiger partial charge >= 0.3 is 0 Å². The Morgan fingerprint density at radius 1 is 0.875 bits per heavy atom. The molecule has 5 atom stereocenters. The quantitative estimate of drug-likeness (QED) is 0.359. The van der Waals surface area contributed by atoms with Gasteiger partial charge in [-0.05, 0) is 20.8 Å². The van der Waals surface area contributed by atoms with E-state index in [4.69, 9.17) is 14.9 Å². The average Bonchev–Trinajstić information content (AvgIpc) is 2.22. The van der Waals surface area contributed by atoms with Crippen LogP contribution in [0.4, 0.5) is 0 Å². The van der Waals surface area contributed by atoms with Crippen molar-refractivity contribution in [3.05, 3.63) is 0 Å². The highest BCUT2D eigenvalue weighted by Crippen LogP contribution is 2.12. The van der Waals surface area contributed by atoms with E-state index in [1.165, 1.54) is 6.92 Å². The van der Waals surface area contributed by atoms with E-state index in [0.29, 0.717) is 0 Å². The van der Waals surface area contributed by atoms with Crippen molar-refractivity contribution in [2.24, 2.45) is 0 Å². The fourth-order valence-electron chi connectivity index (χ4n) is 1.29. The topological polar surface area (TPSA) is 110 Å². The van der Waals surface area contributed by atoms with Crippen LogP contribution in [0.3, 0.4) is 0 Å². The summed E-state index contributed by atoms with van der Waals surface area (Å²) in [7, 11) is 0. The van der Waals surface area contributed by atoms with E-state index < -0.39 is 37.1 Å². The fourth-order valence-corrected chi connectivity index (χ4v) is 1.29. The molecule has 0 radical (unpaired) electrons. The van der Waals surface area contributed by atoms with E-state index in [-0.39, 0.29) is 6.10 Å². The van der Waals surface area contributed by atoms with Crippen molar-refractivity contribution in [2.75, 3.05) is 6.61 Å². The molecular formula is C10H22O6. The van der Waals surface area contributed by atoms with E-state index in [0.717, 1.165) is 0 Å². The van der Waals surface area contributed by atoms with Crippen LogP contribution in [0.25, 0.3) is 0 Å². The van der Waals surface area contributed by atoms with Crippen LogP contribution in [0.5, 0.6) is 0 Å². The summed E-state index contributed by atoms with van der Waals surface area (Å²) in [5, 5.41) is 46.5. The highest BCUT2D eigenvalue weighted by Gasteiger charge is 2.34. The summed E-state index contributed by atoms with van der Waals surface area (Å²) >= 11 is 0. The van der Waals surface area contributed by atoms with Gasteiger partial charge < -0.3 is 30.3 Å². The van der Waals surface area contributed by atoms with Gasteiger partial charge in [-0.1, -0.05) is 0 Å². The maximum atomic E-state index is 9.64. The largest absolute Gasteiger partial charge is 0.394 e. The Kier molecular flexibility index (Phi) is 7.05. The monoisotopic (exact) mass is 238 g/mol. The first-order valence-corrected chi connectivity index (χ1v) is 5.29. The molecule has 0 aliphatic carbocycles. The number of aliphatic hydroxyl groups excluding tert-OH is 5. The molecule has 0 aromatic carbocycles. The van der Waals surface area contributed by atoms with Crippen LogP contribution in [0.2, 0.25) is 0 Å². The third-order valence-electron chi connectivity index (χ3n) is 2.20. The minimum absolute atomic E-state index is 0.234. The number of aliphatic hydroxyl groups is 5. The van der Waals surface area contributed by atoms with Crippen molar-refractivity contribution in [1.29, 1.82) is 0 Å². The number of ether oxygens (including phenoxy) is 1. The van der Waals surface area contributed by atoms with Crippen LogP contribution in [0.15, 0.2) is 0 Å². The number of rotatable bonds is 7. The lowest BCUT2D eigenvalue weighted by atomic mass is 10.00. The summed E-state index contributed by atoms with van der Waals surface area (Å²) in [5.41, 5.74) is 0. The Morgan fingerprint density at radius 3 is 1.69 bits per heavy atom. The molecule has 5 N–H and O–H groups in total. The molecule has 0 saturated carbocycles. The molecule has 0 bridgehead atoms. The second-order valence-electron chi connectivity index (χ2n) is 4.12. The van der Waals surface area contributed by atoms with Crippen molar-refractivity contribution >= 4 is 0 Å². The number of hydrogen-bond acceptors (Lipinski definition) is 6. The zero-order chi connectivity index (χ0) is 12.9. The maximum Gasteiger partial charge on any atom is 0.111 e. The van der Waals surface area contributed by atoms with E-state index in [2.05, 4.69) is 0 Å². The second kappa shape index (κ2) is 7.16. The Labute approximate surface area is 95.1 Å². The summed E-state index contributed by atoms with van der Waals surface area (Å²) in [6.07, 6.45) is -6.93. The molecular weight excluding hydrogens is 216 g/mol. The van der Waals surface area contributed by atoms with Crippen LogP contribution in [-0.4, -0.2) is 68.8 Å². The molecule has 0 amide bonds. The Hall–Kier alpha value is -0.240. The van der Waals surface area contributed by atoms with Crippen molar-refractivity contribution in [3.63, 3.8) is 0 Å². The number of hydrogen-bond donors (Lipinski definition) is 5. The fraction of sp³-hybridized carbons (Fsp3) is 1.00. The van der Waals surface area contributed by atoms with Crippen LogP contribution in [0, 0.1) is 0 Å². The molecule has 0 aromatic heterocycles. The van der Waals surface area contributed by atoms with Gasteiger partial charge in [0.25, 0.3) is 0 Å². The normalized spacial score (nSPS) is 21.6.